The summed E-state index contributed by atoms with van der Waals surface area (Å²) in [6.45, 7) is 3.73. The molecular weight excluding hydrogens is 316 g/mol. The van der Waals surface area contributed by atoms with Crippen LogP contribution in [0.4, 0.5) is 0 Å². The van der Waals surface area contributed by atoms with Gasteiger partial charge in [-0.25, -0.2) is 8.42 Å². The maximum Gasteiger partial charge on any atom is 0.308 e. The quantitative estimate of drug-likeness (QED) is 0.721. The summed E-state index contributed by atoms with van der Waals surface area (Å²) in [5.41, 5.74) is 0. The molecule has 1 rings (SSSR count). The number of carbonyl (C=O) groups excluding carboxylic acids is 1. The molecular formula is C12H18N2O5S2. The van der Waals surface area contributed by atoms with Crippen LogP contribution in [0, 0.1) is 0 Å². The van der Waals surface area contributed by atoms with Crippen LogP contribution in [0.5, 0.6) is 0 Å². The Balaban J connectivity index is 2.93. The van der Waals surface area contributed by atoms with Gasteiger partial charge in [-0.3, -0.25) is 9.59 Å². The minimum absolute atomic E-state index is 0.0462. The number of rotatable bonds is 8. The predicted molar refractivity (Wildman–Crippen MR) is 78.8 cm³/mol. The van der Waals surface area contributed by atoms with E-state index in [1.165, 1.54) is 12.1 Å². The van der Waals surface area contributed by atoms with Crippen molar-refractivity contribution in [2.75, 3.05) is 19.6 Å². The lowest BCUT2D eigenvalue weighted by Gasteiger charge is -2.18. The lowest BCUT2D eigenvalue weighted by molar-refractivity contribution is -0.136. The van der Waals surface area contributed by atoms with Crippen molar-refractivity contribution < 1.29 is 23.1 Å². The zero-order valence-corrected chi connectivity index (χ0v) is 13.5. The van der Waals surface area contributed by atoms with E-state index in [0.717, 1.165) is 15.6 Å². The molecule has 2 N–H and O–H groups in total. The van der Waals surface area contributed by atoms with E-state index in [1.807, 2.05) is 0 Å². The molecule has 0 saturated heterocycles. The number of hydrogen-bond acceptors (Lipinski definition) is 5. The minimum Gasteiger partial charge on any atom is -0.481 e. The molecule has 0 aliphatic carbocycles. The highest BCUT2D eigenvalue weighted by Crippen LogP contribution is 2.25. The Kier molecular flexibility index (Phi) is 6.31. The largest absolute Gasteiger partial charge is 0.481 e. The van der Waals surface area contributed by atoms with Crippen molar-refractivity contribution in [1.82, 2.24) is 9.62 Å². The third kappa shape index (κ3) is 4.80. The molecule has 0 aliphatic heterocycles. The second-order valence-corrected chi connectivity index (χ2v) is 7.51. The number of nitrogens with one attached hydrogen (secondary N) is 1. The van der Waals surface area contributed by atoms with Gasteiger partial charge in [0.1, 0.15) is 4.21 Å². The number of hydrogen-bond donors (Lipinski definition) is 2. The second-order valence-electron chi connectivity index (χ2n) is 4.18. The SMILES string of the molecule is CCNC(=O)CN(CC)S(=O)(=O)c1ccc(CC(=O)O)s1. The lowest BCUT2D eigenvalue weighted by Crippen LogP contribution is -2.40. The van der Waals surface area contributed by atoms with Crippen molar-refractivity contribution in [2.45, 2.75) is 24.5 Å². The summed E-state index contributed by atoms with van der Waals surface area (Å²) in [6.07, 6.45) is -0.220. The first-order valence-electron chi connectivity index (χ1n) is 6.38. The van der Waals surface area contributed by atoms with Crippen LogP contribution < -0.4 is 5.32 Å². The van der Waals surface area contributed by atoms with Gasteiger partial charge in [0.25, 0.3) is 10.0 Å². The van der Waals surface area contributed by atoms with E-state index < -0.39 is 16.0 Å². The molecule has 0 bridgehead atoms. The number of likely N-dealkylation sites (N-methyl/N-ethyl adjacent to an activating group) is 2. The van der Waals surface area contributed by atoms with E-state index in [2.05, 4.69) is 5.32 Å². The summed E-state index contributed by atoms with van der Waals surface area (Å²) < 4.78 is 25.9. The molecule has 1 aromatic heterocycles. The Morgan fingerprint density at radius 3 is 2.52 bits per heavy atom. The van der Waals surface area contributed by atoms with Gasteiger partial charge < -0.3 is 10.4 Å². The Bertz CT molecular complexity index is 609. The molecule has 9 heteroatoms. The van der Waals surface area contributed by atoms with E-state index in [-0.39, 0.29) is 29.6 Å². The fourth-order valence-corrected chi connectivity index (χ4v) is 4.55. The van der Waals surface area contributed by atoms with Crippen molar-refractivity contribution in [3.63, 3.8) is 0 Å². The molecule has 0 fully saturated rings. The molecule has 0 aromatic carbocycles. The van der Waals surface area contributed by atoms with Crippen molar-refractivity contribution >= 4 is 33.2 Å². The molecule has 0 radical (unpaired) electrons. The molecule has 0 unspecified atom stereocenters. The van der Waals surface area contributed by atoms with Gasteiger partial charge in [0.05, 0.1) is 13.0 Å². The highest BCUT2D eigenvalue weighted by Gasteiger charge is 2.26. The van der Waals surface area contributed by atoms with Gasteiger partial charge in [0, 0.05) is 18.0 Å². The molecule has 1 heterocycles. The average molecular weight is 334 g/mol. The number of carbonyl (C=O) groups is 2. The molecule has 0 aliphatic rings. The van der Waals surface area contributed by atoms with Gasteiger partial charge in [0.2, 0.25) is 5.91 Å². The average Bonchev–Trinajstić information content (AvgIpc) is 2.84. The highest BCUT2D eigenvalue weighted by atomic mass is 32.2. The van der Waals surface area contributed by atoms with Gasteiger partial charge in [0.15, 0.2) is 0 Å². The summed E-state index contributed by atoms with van der Waals surface area (Å²) in [5.74, 6) is -1.39. The Hall–Kier alpha value is -1.45. The van der Waals surface area contributed by atoms with E-state index >= 15 is 0 Å². The minimum atomic E-state index is -3.78. The monoisotopic (exact) mass is 334 g/mol. The summed E-state index contributed by atoms with van der Waals surface area (Å²) >= 11 is 0.910. The number of carboxylic acid groups (broad SMARTS) is 1. The maximum atomic E-state index is 12.4. The van der Waals surface area contributed by atoms with Crippen molar-refractivity contribution in [1.29, 1.82) is 0 Å². The molecule has 1 aromatic rings. The lowest BCUT2D eigenvalue weighted by atomic mass is 10.3. The third-order valence-corrected chi connectivity index (χ3v) is 6.08. The molecule has 0 saturated carbocycles. The Morgan fingerprint density at radius 2 is 2.00 bits per heavy atom. The van der Waals surface area contributed by atoms with Gasteiger partial charge in [-0.05, 0) is 19.1 Å². The summed E-state index contributed by atoms with van der Waals surface area (Å²) in [7, 11) is -3.78. The van der Waals surface area contributed by atoms with Crippen LogP contribution in [0.3, 0.4) is 0 Å². The van der Waals surface area contributed by atoms with E-state index in [0.29, 0.717) is 11.4 Å². The normalized spacial score (nSPS) is 11.6. The Labute approximate surface area is 127 Å². The van der Waals surface area contributed by atoms with Crippen LogP contribution in [-0.2, 0) is 26.0 Å². The maximum absolute atomic E-state index is 12.4. The van der Waals surface area contributed by atoms with E-state index in [4.69, 9.17) is 5.11 Å². The van der Waals surface area contributed by atoms with Crippen LogP contribution in [0.15, 0.2) is 16.3 Å². The van der Waals surface area contributed by atoms with Gasteiger partial charge >= 0.3 is 5.97 Å². The van der Waals surface area contributed by atoms with Crippen molar-refractivity contribution in [3.05, 3.63) is 17.0 Å². The van der Waals surface area contributed by atoms with Crippen LogP contribution in [-0.4, -0.2) is 49.3 Å². The van der Waals surface area contributed by atoms with Crippen LogP contribution in [0.1, 0.15) is 18.7 Å². The molecule has 21 heavy (non-hydrogen) atoms. The van der Waals surface area contributed by atoms with Gasteiger partial charge in [-0.15, -0.1) is 11.3 Å². The van der Waals surface area contributed by atoms with Crippen LogP contribution >= 0.6 is 11.3 Å². The molecule has 0 spiro atoms. The van der Waals surface area contributed by atoms with Crippen LogP contribution in [0.2, 0.25) is 0 Å². The standard InChI is InChI=1S/C12H18N2O5S2/c1-3-13-10(15)8-14(4-2)21(18,19)12-6-5-9(20-12)7-11(16)17/h5-6H,3-4,7-8H2,1-2H3,(H,13,15)(H,16,17). The van der Waals surface area contributed by atoms with E-state index in [9.17, 15) is 18.0 Å². The first-order chi connectivity index (χ1) is 9.81. The number of carboxylic acids is 1. The molecule has 0 atom stereocenters. The van der Waals surface area contributed by atoms with E-state index in [1.54, 1.807) is 13.8 Å². The smallest absolute Gasteiger partial charge is 0.308 e. The zero-order valence-electron chi connectivity index (χ0n) is 11.8. The zero-order chi connectivity index (χ0) is 16.0. The fourth-order valence-electron chi connectivity index (χ4n) is 1.65. The number of aliphatic carboxylic acids is 1. The number of sulfonamides is 1. The fraction of sp³-hybridized carbons (Fsp3) is 0.500. The summed E-state index contributed by atoms with van der Waals surface area (Å²) in [4.78, 5) is 22.6. The molecule has 1 amide bonds. The molecule has 7 nitrogen and oxygen atoms in total. The first kappa shape index (κ1) is 17.6. The first-order valence-corrected chi connectivity index (χ1v) is 8.64. The summed E-state index contributed by atoms with van der Waals surface area (Å²) in [5, 5.41) is 11.3. The predicted octanol–water partition coefficient (Wildman–Crippen LogP) is 0.522. The second kappa shape index (κ2) is 7.53. The highest BCUT2D eigenvalue weighted by molar-refractivity contribution is 7.91. The topological polar surface area (TPSA) is 104 Å². The van der Waals surface area contributed by atoms with Crippen molar-refractivity contribution in [2.24, 2.45) is 0 Å². The molecule has 118 valence electrons. The Morgan fingerprint density at radius 1 is 1.33 bits per heavy atom. The van der Waals surface area contributed by atoms with Crippen LogP contribution in [0.25, 0.3) is 0 Å². The third-order valence-electron chi connectivity index (χ3n) is 2.60. The summed E-state index contributed by atoms with van der Waals surface area (Å²) in [6, 6.07) is 2.85. The number of thiophene rings is 1. The number of amides is 1. The van der Waals surface area contributed by atoms with Crippen molar-refractivity contribution in [3.8, 4) is 0 Å². The number of nitrogens with zero attached hydrogens (tertiary/aromatic N) is 1. The van der Waals surface area contributed by atoms with Gasteiger partial charge in [-0.1, -0.05) is 6.92 Å². The van der Waals surface area contributed by atoms with Gasteiger partial charge in [-0.2, -0.15) is 4.31 Å².